The summed E-state index contributed by atoms with van der Waals surface area (Å²) in [6.45, 7) is 6.01. The highest BCUT2D eigenvalue weighted by Crippen LogP contribution is 2.29. The predicted molar refractivity (Wildman–Crippen MR) is 95.6 cm³/mol. The highest BCUT2D eigenvalue weighted by atomic mass is 15.2. The van der Waals surface area contributed by atoms with Gasteiger partial charge in [-0.25, -0.2) is 4.98 Å². The average Bonchev–Trinajstić information content (AvgIpc) is 2.88. The fourth-order valence-corrected chi connectivity index (χ4v) is 4.17. The van der Waals surface area contributed by atoms with Crippen molar-refractivity contribution in [2.24, 2.45) is 0 Å². The summed E-state index contributed by atoms with van der Waals surface area (Å²) in [7, 11) is 2.26. The lowest BCUT2D eigenvalue weighted by atomic mass is 9.95. The highest BCUT2D eigenvalue weighted by Gasteiger charge is 2.18. The molecular formula is C19H34N4. The largest absolute Gasteiger partial charge is 0.330 e. The van der Waals surface area contributed by atoms with Gasteiger partial charge in [0.25, 0.3) is 0 Å². The molecule has 1 aliphatic heterocycles. The standard InChI is InChI=1S/C19H34N4/c1-21(13-14-22-11-7-2-3-8-12-22)16-19-15-20-17-23(19)18-9-5-4-6-10-18/h15,17-18H,2-14,16H2,1H3. The Kier molecular flexibility index (Phi) is 6.52. The first kappa shape index (κ1) is 17.0. The summed E-state index contributed by atoms with van der Waals surface area (Å²) < 4.78 is 2.46. The molecule has 0 bridgehead atoms. The van der Waals surface area contributed by atoms with Crippen molar-refractivity contribution in [2.45, 2.75) is 70.4 Å². The summed E-state index contributed by atoms with van der Waals surface area (Å²) in [5.41, 5.74) is 1.40. The van der Waals surface area contributed by atoms with E-state index < -0.39 is 0 Å². The molecule has 4 nitrogen and oxygen atoms in total. The molecule has 0 N–H and O–H groups in total. The third-order valence-electron chi connectivity index (χ3n) is 5.64. The van der Waals surface area contributed by atoms with Gasteiger partial charge in [-0.15, -0.1) is 0 Å². The number of hydrogen-bond acceptors (Lipinski definition) is 3. The van der Waals surface area contributed by atoms with Gasteiger partial charge in [-0.3, -0.25) is 4.90 Å². The van der Waals surface area contributed by atoms with Crippen LogP contribution in [0.5, 0.6) is 0 Å². The molecule has 1 aromatic rings. The van der Waals surface area contributed by atoms with Gasteiger partial charge >= 0.3 is 0 Å². The van der Waals surface area contributed by atoms with Crippen LogP contribution in [0.15, 0.2) is 12.5 Å². The number of imidazole rings is 1. The molecule has 0 amide bonds. The van der Waals surface area contributed by atoms with Gasteiger partial charge in [0, 0.05) is 31.9 Å². The molecule has 2 aliphatic rings. The van der Waals surface area contributed by atoms with Gasteiger partial charge in [0.15, 0.2) is 0 Å². The highest BCUT2D eigenvalue weighted by molar-refractivity contribution is 5.01. The lowest BCUT2D eigenvalue weighted by molar-refractivity contribution is 0.222. The quantitative estimate of drug-likeness (QED) is 0.799. The van der Waals surface area contributed by atoms with Gasteiger partial charge in [0.05, 0.1) is 12.0 Å². The lowest BCUT2D eigenvalue weighted by Crippen LogP contribution is -2.34. The predicted octanol–water partition coefficient (Wildman–Crippen LogP) is 3.70. The second-order valence-electron chi connectivity index (χ2n) is 7.58. The van der Waals surface area contributed by atoms with E-state index in [2.05, 4.69) is 38.9 Å². The van der Waals surface area contributed by atoms with Crippen molar-refractivity contribution in [3.8, 4) is 0 Å². The maximum absolute atomic E-state index is 4.44. The van der Waals surface area contributed by atoms with Gasteiger partial charge in [-0.2, -0.15) is 0 Å². The fourth-order valence-electron chi connectivity index (χ4n) is 4.17. The first-order chi connectivity index (χ1) is 11.3. The van der Waals surface area contributed by atoms with E-state index in [0.29, 0.717) is 6.04 Å². The minimum absolute atomic E-state index is 0.695. The Balaban J connectivity index is 1.47. The van der Waals surface area contributed by atoms with Crippen molar-refractivity contribution >= 4 is 0 Å². The van der Waals surface area contributed by atoms with Crippen LogP contribution in [-0.2, 0) is 6.54 Å². The summed E-state index contributed by atoms with van der Waals surface area (Å²) >= 11 is 0. The van der Waals surface area contributed by atoms with E-state index in [1.165, 1.54) is 83.1 Å². The zero-order valence-corrected chi connectivity index (χ0v) is 14.9. The van der Waals surface area contributed by atoms with Gasteiger partial charge in [0.2, 0.25) is 0 Å². The average molecular weight is 319 g/mol. The molecule has 3 rings (SSSR count). The van der Waals surface area contributed by atoms with Crippen LogP contribution in [0.4, 0.5) is 0 Å². The Hall–Kier alpha value is -0.870. The van der Waals surface area contributed by atoms with Crippen LogP contribution in [0.2, 0.25) is 0 Å². The Morgan fingerprint density at radius 3 is 2.48 bits per heavy atom. The fraction of sp³-hybridized carbons (Fsp3) is 0.842. The van der Waals surface area contributed by atoms with Crippen LogP contribution in [0.1, 0.15) is 69.5 Å². The molecule has 0 atom stereocenters. The van der Waals surface area contributed by atoms with Crippen molar-refractivity contribution in [3.05, 3.63) is 18.2 Å². The number of nitrogens with zero attached hydrogens (tertiary/aromatic N) is 4. The molecule has 1 aliphatic carbocycles. The summed E-state index contributed by atoms with van der Waals surface area (Å²) in [4.78, 5) is 9.57. The Bertz CT molecular complexity index is 442. The first-order valence-electron chi connectivity index (χ1n) is 9.74. The van der Waals surface area contributed by atoms with Crippen LogP contribution in [-0.4, -0.2) is 52.6 Å². The Morgan fingerprint density at radius 1 is 1.04 bits per heavy atom. The summed E-state index contributed by atoms with van der Waals surface area (Å²) in [5.74, 6) is 0. The molecule has 0 aromatic carbocycles. The van der Waals surface area contributed by atoms with E-state index in [4.69, 9.17) is 0 Å². The van der Waals surface area contributed by atoms with Crippen LogP contribution < -0.4 is 0 Å². The number of hydrogen-bond donors (Lipinski definition) is 0. The minimum atomic E-state index is 0.695. The molecule has 0 unspecified atom stereocenters. The van der Waals surface area contributed by atoms with Gasteiger partial charge in [-0.05, 0) is 45.8 Å². The number of aromatic nitrogens is 2. The van der Waals surface area contributed by atoms with Crippen molar-refractivity contribution in [3.63, 3.8) is 0 Å². The van der Waals surface area contributed by atoms with E-state index >= 15 is 0 Å². The molecule has 1 saturated heterocycles. The smallest absolute Gasteiger partial charge is 0.0951 e. The van der Waals surface area contributed by atoms with Crippen LogP contribution in [0, 0.1) is 0 Å². The summed E-state index contributed by atoms with van der Waals surface area (Å²) in [6.07, 6.45) is 16.6. The van der Waals surface area contributed by atoms with Crippen LogP contribution in [0.25, 0.3) is 0 Å². The molecular weight excluding hydrogens is 284 g/mol. The second-order valence-corrected chi connectivity index (χ2v) is 7.58. The van der Waals surface area contributed by atoms with E-state index in [1.54, 1.807) is 0 Å². The molecule has 0 spiro atoms. The van der Waals surface area contributed by atoms with Crippen LogP contribution >= 0.6 is 0 Å². The van der Waals surface area contributed by atoms with E-state index in [9.17, 15) is 0 Å². The molecule has 4 heteroatoms. The second kappa shape index (κ2) is 8.84. The van der Waals surface area contributed by atoms with Gasteiger partial charge < -0.3 is 9.47 Å². The third kappa shape index (κ3) is 5.05. The number of likely N-dealkylation sites (tertiary alicyclic amines) is 1. The normalized spacial score (nSPS) is 21.7. The van der Waals surface area contributed by atoms with E-state index in [1.807, 2.05) is 0 Å². The Morgan fingerprint density at radius 2 is 1.74 bits per heavy atom. The van der Waals surface area contributed by atoms with Crippen LogP contribution in [0.3, 0.4) is 0 Å². The topological polar surface area (TPSA) is 24.3 Å². The third-order valence-corrected chi connectivity index (χ3v) is 5.64. The maximum atomic E-state index is 4.44. The van der Waals surface area contributed by atoms with Gasteiger partial charge in [-0.1, -0.05) is 32.1 Å². The first-order valence-corrected chi connectivity index (χ1v) is 9.74. The molecule has 130 valence electrons. The molecule has 23 heavy (non-hydrogen) atoms. The summed E-state index contributed by atoms with van der Waals surface area (Å²) in [6, 6.07) is 0.695. The lowest BCUT2D eigenvalue weighted by Gasteiger charge is -2.27. The molecule has 0 radical (unpaired) electrons. The van der Waals surface area contributed by atoms with Crippen molar-refractivity contribution in [1.29, 1.82) is 0 Å². The molecule has 1 aromatic heterocycles. The van der Waals surface area contributed by atoms with Crippen molar-refractivity contribution in [2.75, 3.05) is 33.2 Å². The van der Waals surface area contributed by atoms with Crippen molar-refractivity contribution < 1.29 is 0 Å². The number of rotatable bonds is 6. The summed E-state index contributed by atoms with van der Waals surface area (Å²) in [5, 5.41) is 0. The molecule has 1 saturated carbocycles. The monoisotopic (exact) mass is 318 g/mol. The van der Waals surface area contributed by atoms with E-state index in [-0.39, 0.29) is 0 Å². The maximum Gasteiger partial charge on any atom is 0.0951 e. The number of likely N-dealkylation sites (N-methyl/N-ethyl adjacent to an activating group) is 1. The SMILES string of the molecule is CN(CCN1CCCCCC1)Cc1cncn1C1CCCCC1. The molecule has 2 fully saturated rings. The zero-order valence-electron chi connectivity index (χ0n) is 14.9. The Labute approximate surface area is 141 Å². The van der Waals surface area contributed by atoms with Crippen molar-refractivity contribution in [1.82, 2.24) is 19.4 Å². The minimum Gasteiger partial charge on any atom is -0.330 e. The molecule has 2 heterocycles. The van der Waals surface area contributed by atoms with E-state index in [0.717, 1.165) is 13.1 Å². The van der Waals surface area contributed by atoms with Gasteiger partial charge in [0.1, 0.15) is 0 Å². The zero-order chi connectivity index (χ0) is 15.9.